The SMILES string of the molecule is O=S(=O)(NC1CCCC1CCl)c1ccc(F)cc1. The fourth-order valence-corrected chi connectivity index (χ4v) is 3.97. The van der Waals surface area contributed by atoms with Gasteiger partial charge in [0.25, 0.3) is 0 Å². The first-order valence-electron chi connectivity index (χ1n) is 5.87. The number of rotatable bonds is 4. The molecule has 1 aliphatic carbocycles. The second kappa shape index (κ2) is 5.55. The topological polar surface area (TPSA) is 46.2 Å². The molecule has 2 atom stereocenters. The molecule has 0 spiro atoms. The lowest BCUT2D eigenvalue weighted by Gasteiger charge is -2.18. The summed E-state index contributed by atoms with van der Waals surface area (Å²) < 4.78 is 39.6. The zero-order valence-corrected chi connectivity index (χ0v) is 11.3. The molecule has 0 bridgehead atoms. The maximum atomic E-state index is 12.8. The normalized spacial score (nSPS) is 24.3. The highest BCUT2D eigenvalue weighted by molar-refractivity contribution is 7.89. The summed E-state index contributed by atoms with van der Waals surface area (Å²) >= 11 is 5.81. The van der Waals surface area contributed by atoms with Crippen molar-refractivity contribution >= 4 is 21.6 Å². The van der Waals surface area contributed by atoms with Crippen molar-refractivity contribution in [2.45, 2.75) is 30.2 Å². The molecule has 6 heteroatoms. The van der Waals surface area contributed by atoms with Crippen molar-refractivity contribution in [1.82, 2.24) is 4.72 Å². The second-order valence-electron chi connectivity index (χ2n) is 4.53. The van der Waals surface area contributed by atoms with Crippen LogP contribution in [0.4, 0.5) is 4.39 Å². The molecule has 0 aliphatic heterocycles. The van der Waals surface area contributed by atoms with Gasteiger partial charge in [-0.25, -0.2) is 17.5 Å². The minimum Gasteiger partial charge on any atom is -0.208 e. The van der Waals surface area contributed by atoms with Crippen molar-refractivity contribution in [1.29, 1.82) is 0 Å². The molecule has 0 amide bonds. The van der Waals surface area contributed by atoms with E-state index < -0.39 is 15.8 Å². The Morgan fingerprint density at radius 3 is 2.56 bits per heavy atom. The van der Waals surface area contributed by atoms with Gasteiger partial charge in [-0.05, 0) is 43.0 Å². The molecular formula is C12H15ClFNO2S. The molecule has 1 aliphatic rings. The molecule has 2 rings (SSSR count). The van der Waals surface area contributed by atoms with Crippen LogP contribution in [0.2, 0.25) is 0 Å². The molecule has 0 saturated heterocycles. The van der Waals surface area contributed by atoms with Crippen molar-refractivity contribution in [3.8, 4) is 0 Å². The number of hydrogen-bond acceptors (Lipinski definition) is 2. The van der Waals surface area contributed by atoms with Gasteiger partial charge in [0.05, 0.1) is 4.90 Å². The highest BCUT2D eigenvalue weighted by Crippen LogP contribution is 2.28. The first-order chi connectivity index (χ1) is 8.53. The molecule has 3 nitrogen and oxygen atoms in total. The quantitative estimate of drug-likeness (QED) is 0.867. The number of benzene rings is 1. The number of halogens is 2. The summed E-state index contributed by atoms with van der Waals surface area (Å²) in [5.74, 6) is 0.187. The van der Waals surface area contributed by atoms with Crippen LogP contribution in [-0.2, 0) is 10.0 Å². The maximum absolute atomic E-state index is 12.8. The van der Waals surface area contributed by atoms with Crippen molar-refractivity contribution in [2.75, 3.05) is 5.88 Å². The predicted molar refractivity (Wildman–Crippen MR) is 68.6 cm³/mol. The highest BCUT2D eigenvalue weighted by atomic mass is 35.5. The molecule has 1 aromatic rings. The number of nitrogens with one attached hydrogen (secondary N) is 1. The van der Waals surface area contributed by atoms with E-state index in [1.165, 1.54) is 12.1 Å². The van der Waals surface area contributed by atoms with E-state index in [4.69, 9.17) is 11.6 Å². The van der Waals surface area contributed by atoms with E-state index in [1.807, 2.05) is 0 Å². The van der Waals surface area contributed by atoms with Gasteiger partial charge in [0.1, 0.15) is 5.82 Å². The van der Waals surface area contributed by atoms with Gasteiger partial charge in [0.2, 0.25) is 10.0 Å². The molecular weight excluding hydrogens is 277 g/mol. The Morgan fingerprint density at radius 1 is 1.28 bits per heavy atom. The zero-order valence-electron chi connectivity index (χ0n) is 9.77. The third-order valence-corrected chi connectivity index (χ3v) is 5.19. The van der Waals surface area contributed by atoms with Crippen LogP contribution in [0.3, 0.4) is 0 Å². The largest absolute Gasteiger partial charge is 0.240 e. The van der Waals surface area contributed by atoms with Crippen LogP contribution in [0.25, 0.3) is 0 Å². The molecule has 1 saturated carbocycles. The summed E-state index contributed by atoms with van der Waals surface area (Å²) in [7, 11) is -3.58. The summed E-state index contributed by atoms with van der Waals surface area (Å²) in [6.07, 6.45) is 2.73. The molecule has 1 fully saturated rings. The number of sulfonamides is 1. The van der Waals surface area contributed by atoms with Crippen LogP contribution in [0, 0.1) is 11.7 Å². The van der Waals surface area contributed by atoms with E-state index in [0.717, 1.165) is 31.4 Å². The van der Waals surface area contributed by atoms with Gasteiger partial charge in [0, 0.05) is 11.9 Å². The lowest BCUT2D eigenvalue weighted by Crippen LogP contribution is -2.37. The van der Waals surface area contributed by atoms with E-state index in [1.54, 1.807) is 0 Å². The summed E-state index contributed by atoms with van der Waals surface area (Å²) in [5.41, 5.74) is 0. The van der Waals surface area contributed by atoms with E-state index >= 15 is 0 Å². The molecule has 2 unspecified atom stereocenters. The van der Waals surface area contributed by atoms with Gasteiger partial charge in [-0.1, -0.05) is 6.42 Å². The third kappa shape index (κ3) is 3.02. The molecule has 1 N–H and O–H groups in total. The Hall–Kier alpha value is -0.650. The van der Waals surface area contributed by atoms with Crippen molar-refractivity contribution < 1.29 is 12.8 Å². The maximum Gasteiger partial charge on any atom is 0.240 e. The average Bonchev–Trinajstić information content (AvgIpc) is 2.76. The fourth-order valence-electron chi connectivity index (χ4n) is 2.26. The Morgan fingerprint density at radius 2 is 1.94 bits per heavy atom. The van der Waals surface area contributed by atoms with E-state index in [9.17, 15) is 12.8 Å². The Labute approximate surface area is 111 Å². The monoisotopic (exact) mass is 291 g/mol. The Bertz CT molecular complexity index is 503. The smallest absolute Gasteiger partial charge is 0.208 e. The molecule has 100 valence electrons. The van der Waals surface area contributed by atoms with Crippen LogP contribution in [-0.4, -0.2) is 20.3 Å². The Kier molecular flexibility index (Phi) is 4.25. The van der Waals surface area contributed by atoms with Crippen LogP contribution in [0.1, 0.15) is 19.3 Å². The fraction of sp³-hybridized carbons (Fsp3) is 0.500. The minimum atomic E-state index is -3.58. The Balaban J connectivity index is 2.14. The first-order valence-corrected chi connectivity index (χ1v) is 7.88. The molecule has 1 aromatic carbocycles. The van der Waals surface area contributed by atoms with E-state index in [2.05, 4.69) is 4.72 Å². The summed E-state index contributed by atoms with van der Waals surface area (Å²) in [6.45, 7) is 0. The van der Waals surface area contributed by atoms with E-state index in [-0.39, 0.29) is 16.9 Å². The van der Waals surface area contributed by atoms with Gasteiger partial charge in [0.15, 0.2) is 0 Å². The number of hydrogen-bond donors (Lipinski definition) is 1. The van der Waals surface area contributed by atoms with Gasteiger partial charge >= 0.3 is 0 Å². The average molecular weight is 292 g/mol. The van der Waals surface area contributed by atoms with Crippen LogP contribution >= 0.6 is 11.6 Å². The van der Waals surface area contributed by atoms with Crippen LogP contribution in [0.15, 0.2) is 29.2 Å². The van der Waals surface area contributed by atoms with Crippen molar-refractivity contribution in [3.05, 3.63) is 30.1 Å². The lowest BCUT2D eigenvalue weighted by molar-refractivity contribution is 0.480. The van der Waals surface area contributed by atoms with Gasteiger partial charge in [-0.2, -0.15) is 0 Å². The van der Waals surface area contributed by atoms with Crippen LogP contribution < -0.4 is 4.72 Å². The summed E-state index contributed by atoms with van der Waals surface area (Å²) in [5, 5.41) is 0. The predicted octanol–water partition coefficient (Wildman–Crippen LogP) is 2.51. The molecule has 0 radical (unpaired) electrons. The number of alkyl halides is 1. The van der Waals surface area contributed by atoms with Gasteiger partial charge in [-0.15, -0.1) is 11.6 Å². The van der Waals surface area contributed by atoms with Crippen LogP contribution in [0.5, 0.6) is 0 Å². The van der Waals surface area contributed by atoms with E-state index in [0.29, 0.717) is 5.88 Å². The van der Waals surface area contributed by atoms with Gasteiger partial charge in [-0.3, -0.25) is 0 Å². The molecule has 0 heterocycles. The summed E-state index contributed by atoms with van der Waals surface area (Å²) in [6, 6.07) is 4.70. The third-order valence-electron chi connectivity index (χ3n) is 3.29. The molecule has 0 aromatic heterocycles. The van der Waals surface area contributed by atoms with Gasteiger partial charge < -0.3 is 0 Å². The second-order valence-corrected chi connectivity index (χ2v) is 6.55. The first kappa shape index (κ1) is 13.8. The standard InChI is InChI=1S/C12H15ClFNO2S/c13-8-9-2-1-3-12(9)15-18(16,17)11-6-4-10(14)5-7-11/h4-7,9,12,15H,1-3,8H2. The highest BCUT2D eigenvalue weighted by Gasteiger charge is 2.30. The lowest BCUT2D eigenvalue weighted by atomic mass is 10.1. The minimum absolute atomic E-state index is 0.0872. The summed E-state index contributed by atoms with van der Waals surface area (Å²) in [4.78, 5) is 0.0872. The zero-order chi connectivity index (χ0) is 13.2. The van der Waals surface area contributed by atoms with Crippen molar-refractivity contribution in [2.24, 2.45) is 5.92 Å². The van der Waals surface area contributed by atoms with Crippen molar-refractivity contribution in [3.63, 3.8) is 0 Å². The molecule has 18 heavy (non-hydrogen) atoms.